The Morgan fingerprint density at radius 2 is 1.22 bits per heavy atom. The van der Waals surface area contributed by atoms with Crippen LogP contribution in [0.5, 0.6) is 0 Å². The Morgan fingerprint density at radius 3 is 1.62 bits per heavy atom. The molecular weight excluding hydrogens is 481 g/mol. The molecule has 2 aliphatic rings. The van der Waals surface area contributed by atoms with Crippen LogP contribution in [0.25, 0.3) is 0 Å². The van der Waals surface area contributed by atoms with E-state index in [-0.39, 0.29) is 12.2 Å². The van der Waals surface area contributed by atoms with Crippen LogP contribution in [-0.2, 0) is 19.1 Å². The molecular formula is C16H11F11O5. The van der Waals surface area contributed by atoms with E-state index < -0.39 is 71.4 Å². The topological polar surface area (TPSA) is 72.8 Å². The molecule has 5 nitrogen and oxygen atoms in total. The predicted molar refractivity (Wildman–Crippen MR) is 78.3 cm³/mol. The summed E-state index contributed by atoms with van der Waals surface area (Å²) in [6.07, 6.45) is -3.77. The van der Waals surface area contributed by atoms with Crippen LogP contribution in [0.4, 0.5) is 48.3 Å². The van der Waals surface area contributed by atoms with Crippen molar-refractivity contribution in [3.63, 3.8) is 0 Å². The van der Waals surface area contributed by atoms with Gasteiger partial charge in [0, 0.05) is 12.2 Å². The molecule has 0 amide bonds. The van der Waals surface area contributed by atoms with Crippen molar-refractivity contribution in [1.29, 1.82) is 0 Å². The zero-order chi connectivity index (χ0) is 25.4. The van der Waals surface area contributed by atoms with Crippen LogP contribution in [0.15, 0.2) is 25.3 Å². The normalized spacial score (nSPS) is 40.6. The molecule has 4 unspecified atom stereocenters. The van der Waals surface area contributed by atoms with Crippen molar-refractivity contribution >= 4 is 11.9 Å². The average Bonchev–Trinajstić information content (AvgIpc) is 2.68. The van der Waals surface area contributed by atoms with Crippen LogP contribution in [-0.4, -0.2) is 70.1 Å². The fourth-order valence-corrected chi connectivity index (χ4v) is 3.66. The number of hydrogen-bond acceptors (Lipinski definition) is 5. The number of carbonyl (C=O) groups excluding carboxylic acids is 2. The van der Waals surface area contributed by atoms with Gasteiger partial charge in [-0.25, -0.2) is 18.4 Å². The molecule has 2 aliphatic carbocycles. The van der Waals surface area contributed by atoms with Crippen molar-refractivity contribution in [2.45, 2.75) is 52.8 Å². The van der Waals surface area contributed by atoms with E-state index in [2.05, 4.69) is 22.6 Å². The number of fused-ring (bicyclic) bond motifs is 2. The number of hydrogen-bond donors (Lipinski definition) is 1. The number of esters is 2. The largest absolute Gasteiger partial charge is 0.442 e. The fourth-order valence-electron chi connectivity index (χ4n) is 3.66. The molecule has 2 rings (SSSR count). The molecule has 32 heavy (non-hydrogen) atoms. The molecule has 16 heteroatoms. The summed E-state index contributed by atoms with van der Waals surface area (Å²) in [6, 6.07) is 0. The minimum atomic E-state index is -7.19. The number of rotatable bonds is 5. The van der Waals surface area contributed by atoms with Crippen LogP contribution in [0.1, 0.15) is 6.42 Å². The standard InChI is InChI=1S/C16H11F11O5/c1-3-7(28)31-10-5-11(19,32-8(29)4-2)16(26,27)12(30,15(10,24)25)14(22,23)9(18,6-17)13(10,20)21/h3-4,30H,1-2,5-6H2. The summed E-state index contributed by atoms with van der Waals surface area (Å²) in [4.78, 5) is 22.7. The number of alkyl halides is 11. The summed E-state index contributed by atoms with van der Waals surface area (Å²) in [5.74, 6) is -38.0. The maximum Gasteiger partial charge on any atom is 0.356 e. The maximum atomic E-state index is 15.1. The van der Waals surface area contributed by atoms with Crippen molar-refractivity contribution in [3.8, 4) is 0 Å². The van der Waals surface area contributed by atoms with Crippen molar-refractivity contribution in [3.05, 3.63) is 25.3 Å². The lowest BCUT2D eigenvalue weighted by atomic mass is 9.52. The highest BCUT2D eigenvalue weighted by Gasteiger charge is 3.07. The van der Waals surface area contributed by atoms with Gasteiger partial charge in [-0.15, -0.1) is 0 Å². The van der Waals surface area contributed by atoms with Gasteiger partial charge in [0.15, 0.2) is 0 Å². The fraction of sp³-hybridized carbons (Fsp3) is 0.625. The van der Waals surface area contributed by atoms with Crippen LogP contribution in [0.2, 0.25) is 0 Å². The molecule has 0 aliphatic heterocycles. The van der Waals surface area contributed by atoms with Gasteiger partial charge in [0.05, 0.1) is 6.42 Å². The summed E-state index contributed by atoms with van der Waals surface area (Å²) < 4.78 is 168. The van der Waals surface area contributed by atoms with Gasteiger partial charge in [0.25, 0.3) is 16.9 Å². The Kier molecular flexibility index (Phi) is 5.31. The Morgan fingerprint density at radius 1 is 0.781 bits per heavy atom. The lowest BCUT2D eigenvalue weighted by molar-refractivity contribution is -0.535. The molecule has 1 N–H and O–H groups in total. The summed E-state index contributed by atoms with van der Waals surface area (Å²) in [6.45, 7) is 1.47. The van der Waals surface area contributed by atoms with Gasteiger partial charge in [0.1, 0.15) is 6.67 Å². The second-order valence-corrected chi connectivity index (χ2v) is 6.93. The first-order valence-electron chi connectivity index (χ1n) is 8.06. The minimum absolute atomic E-state index is 0.135. The minimum Gasteiger partial charge on any atom is -0.442 e. The van der Waals surface area contributed by atoms with E-state index in [0.29, 0.717) is 0 Å². The summed E-state index contributed by atoms with van der Waals surface area (Å²) in [7, 11) is 0. The Bertz CT molecular complexity index is 876. The Balaban J connectivity index is 3.12. The van der Waals surface area contributed by atoms with Gasteiger partial charge in [-0.2, -0.15) is 39.5 Å². The molecule has 0 aromatic rings. The van der Waals surface area contributed by atoms with Gasteiger partial charge in [-0.3, -0.25) is 0 Å². The second kappa shape index (κ2) is 6.57. The first-order chi connectivity index (χ1) is 14.2. The smallest absolute Gasteiger partial charge is 0.356 e. The number of carbonyl (C=O) groups is 2. The predicted octanol–water partition coefficient (Wildman–Crippen LogP) is 3.22. The lowest BCUT2D eigenvalue weighted by Crippen LogP contribution is -2.97. The van der Waals surface area contributed by atoms with Crippen LogP contribution < -0.4 is 0 Å². The third kappa shape index (κ3) is 2.28. The van der Waals surface area contributed by atoms with Gasteiger partial charge in [-0.1, -0.05) is 13.2 Å². The first-order valence-corrected chi connectivity index (χ1v) is 8.06. The van der Waals surface area contributed by atoms with Gasteiger partial charge < -0.3 is 14.6 Å². The van der Waals surface area contributed by atoms with E-state index in [9.17, 15) is 58.6 Å². The zero-order valence-corrected chi connectivity index (χ0v) is 15.2. The third-order valence-electron chi connectivity index (χ3n) is 5.37. The first kappa shape index (κ1) is 25.9. The van der Waals surface area contributed by atoms with Gasteiger partial charge in [0.2, 0.25) is 0 Å². The molecule has 0 radical (unpaired) electrons. The van der Waals surface area contributed by atoms with Gasteiger partial charge in [-0.05, 0) is 0 Å². The van der Waals surface area contributed by atoms with Gasteiger partial charge >= 0.3 is 41.5 Å². The molecule has 182 valence electrons. The summed E-state index contributed by atoms with van der Waals surface area (Å²) >= 11 is 0. The second-order valence-electron chi connectivity index (χ2n) is 6.93. The quantitative estimate of drug-likeness (QED) is 0.363. The van der Waals surface area contributed by atoms with E-state index >= 15 is 4.39 Å². The maximum absolute atomic E-state index is 15.1. The van der Waals surface area contributed by atoms with Crippen molar-refractivity contribution in [1.82, 2.24) is 0 Å². The molecule has 4 atom stereocenters. The summed E-state index contributed by atoms with van der Waals surface area (Å²) in [5.41, 5.74) is -19.0. The van der Waals surface area contributed by atoms with Crippen molar-refractivity contribution < 1.29 is 72.5 Å². The highest BCUT2D eigenvalue weighted by Crippen LogP contribution is 2.76. The molecule has 2 saturated carbocycles. The third-order valence-corrected chi connectivity index (χ3v) is 5.37. The molecule has 0 spiro atoms. The zero-order valence-electron chi connectivity index (χ0n) is 15.2. The van der Waals surface area contributed by atoms with Crippen LogP contribution in [0.3, 0.4) is 0 Å². The van der Waals surface area contributed by atoms with Crippen LogP contribution >= 0.6 is 0 Å². The van der Waals surface area contributed by atoms with E-state index in [1.165, 1.54) is 0 Å². The molecule has 0 aromatic carbocycles. The molecule has 0 saturated heterocycles. The van der Waals surface area contributed by atoms with E-state index in [1.807, 2.05) is 0 Å². The monoisotopic (exact) mass is 492 g/mol. The van der Waals surface area contributed by atoms with E-state index in [1.54, 1.807) is 0 Å². The Hall–Kier alpha value is -2.39. The number of aliphatic hydroxyl groups is 1. The highest BCUT2D eigenvalue weighted by atomic mass is 19.3. The average molecular weight is 492 g/mol. The number of halogens is 11. The molecule has 2 bridgehead atoms. The van der Waals surface area contributed by atoms with Crippen molar-refractivity contribution in [2.24, 2.45) is 0 Å². The Labute approximate surface area is 170 Å². The molecule has 2 fully saturated rings. The van der Waals surface area contributed by atoms with E-state index in [4.69, 9.17) is 0 Å². The summed E-state index contributed by atoms with van der Waals surface area (Å²) in [5, 5.41) is 9.79. The molecule has 0 heterocycles. The molecule has 0 aromatic heterocycles. The van der Waals surface area contributed by atoms with Crippen LogP contribution in [0, 0.1) is 0 Å². The highest BCUT2D eigenvalue weighted by molar-refractivity contribution is 5.82. The number of ether oxygens (including phenoxy) is 2. The van der Waals surface area contributed by atoms with E-state index in [0.717, 1.165) is 0 Å². The van der Waals surface area contributed by atoms with Crippen molar-refractivity contribution in [2.75, 3.05) is 6.67 Å². The lowest BCUT2D eigenvalue weighted by Gasteiger charge is -2.66. The SMILES string of the molecule is C=CC(=O)OC1(F)CC2(OC(=O)C=C)C(F)(F)C(F)(CF)C(F)(F)C(O)(C1(F)F)C2(F)F.